The normalized spacial score (nSPS) is 14.7. The second kappa shape index (κ2) is 12.0. The third-order valence-corrected chi connectivity index (χ3v) is 7.64. The van der Waals surface area contributed by atoms with E-state index in [1.807, 2.05) is 18.2 Å². The Labute approximate surface area is 224 Å². The van der Waals surface area contributed by atoms with Gasteiger partial charge in [-0.25, -0.2) is 14.8 Å². The minimum Gasteiger partial charge on any atom is -0.347 e. The number of tetrazole rings is 1. The lowest BCUT2D eigenvalue weighted by Gasteiger charge is -2.28. The van der Waals surface area contributed by atoms with Crippen LogP contribution in [0.25, 0.3) is 22.5 Å². The molecule has 200 valence electrons. The van der Waals surface area contributed by atoms with Crippen LogP contribution in [0.5, 0.6) is 0 Å². The smallest absolute Gasteiger partial charge is 0.231 e. The van der Waals surface area contributed by atoms with E-state index in [1.165, 1.54) is 24.8 Å². The Morgan fingerprint density at radius 2 is 1.71 bits per heavy atom. The van der Waals surface area contributed by atoms with Gasteiger partial charge in [-0.3, -0.25) is 0 Å². The highest BCUT2D eigenvalue weighted by molar-refractivity contribution is 5.80. The second-order valence-corrected chi connectivity index (χ2v) is 10.0. The topological polar surface area (TPSA) is 104 Å². The largest absolute Gasteiger partial charge is 0.347 e. The van der Waals surface area contributed by atoms with E-state index in [0.29, 0.717) is 24.1 Å². The Hall–Kier alpha value is -3.43. The average molecular weight is 516 g/mol. The highest BCUT2D eigenvalue weighted by Gasteiger charge is 2.38. The van der Waals surface area contributed by atoms with Crippen LogP contribution in [-0.2, 0) is 21.7 Å². The molecule has 38 heavy (non-hydrogen) atoms. The van der Waals surface area contributed by atoms with Gasteiger partial charge in [-0.2, -0.15) is 0 Å². The molecular formula is C29H37N7O2. The van der Waals surface area contributed by atoms with Crippen molar-refractivity contribution in [1.29, 1.82) is 0 Å². The molecule has 1 aliphatic rings. The number of benzene rings is 2. The molecule has 5 rings (SSSR count). The Bertz CT molecular complexity index is 1290. The standard InChI is InChI=1S/C29H37N7O2/c1-4-5-19-29(37-2,38-3)28-30-26(36(33-28)23-11-7-6-8-12-23)20-21-15-17-22(18-16-21)24-13-9-10-14-25(24)27-31-34-35-32-27/h9-10,13-18,23H,4-8,11-12,19-20H2,1-3H3,(H,31,32,34,35). The van der Waals surface area contributed by atoms with E-state index < -0.39 is 5.79 Å². The quantitative estimate of drug-likeness (QED) is 0.250. The lowest BCUT2D eigenvalue weighted by atomic mass is 9.95. The summed E-state index contributed by atoms with van der Waals surface area (Å²) in [6.07, 6.45) is 9.43. The van der Waals surface area contributed by atoms with Crippen LogP contribution in [-0.4, -0.2) is 49.6 Å². The van der Waals surface area contributed by atoms with E-state index in [-0.39, 0.29) is 0 Å². The summed E-state index contributed by atoms with van der Waals surface area (Å²) >= 11 is 0. The van der Waals surface area contributed by atoms with Crippen LogP contribution in [0.2, 0.25) is 0 Å². The number of H-pyrrole nitrogens is 1. The Kier molecular flexibility index (Phi) is 8.24. The van der Waals surface area contributed by atoms with Gasteiger partial charge in [-0.05, 0) is 46.4 Å². The molecule has 4 aromatic rings. The molecule has 2 heterocycles. The SMILES string of the molecule is CCCCC(OC)(OC)c1nc(Cc2ccc(-c3ccccc3-c3nnn[nH]3)cc2)n(C2CCCCC2)n1. The van der Waals surface area contributed by atoms with Gasteiger partial charge in [0.25, 0.3) is 0 Å². The van der Waals surface area contributed by atoms with Crippen LogP contribution in [0.4, 0.5) is 0 Å². The molecule has 0 aliphatic heterocycles. The summed E-state index contributed by atoms with van der Waals surface area (Å²) in [5.41, 5.74) is 4.32. The third-order valence-electron chi connectivity index (χ3n) is 7.64. The van der Waals surface area contributed by atoms with Crippen LogP contribution in [0, 0.1) is 0 Å². The van der Waals surface area contributed by atoms with Crippen molar-refractivity contribution in [3.05, 3.63) is 65.7 Å². The second-order valence-electron chi connectivity index (χ2n) is 10.0. The molecule has 9 nitrogen and oxygen atoms in total. The van der Waals surface area contributed by atoms with Crippen LogP contribution < -0.4 is 0 Å². The fourth-order valence-electron chi connectivity index (χ4n) is 5.45. The first-order valence-electron chi connectivity index (χ1n) is 13.7. The number of unbranched alkanes of at least 4 members (excludes halogenated alkanes) is 1. The van der Waals surface area contributed by atoms with Gasteiger partial charge in [-0.1, -0.05) is 81.1 Å². The predicted octanol–water partition coefficient (Wildman–Crippen LogP) is 5.86. The maximum Gasteiger partial charge on any atom is 0.231 e. The van der Waals surface area contributed by atoms with Gasteiger partial charge >= 0.3 is 0 Å². The van der Waals surface area contributed by atoms with Gasteiger partial charge in [0.1, 0.15) is 5.82 Å². The molecule has 0 unspecified atom stereocenters. The molecule has 0 amide bonds. The number of hydrogen-bond donors (Lipinski definition) is 1. The molecule has 0 atom stereocenters. The van der Waals surface area contributed by atoms with E-state index in [4.69, 9.17) is 19.6 Å². The fraction of sp³-hybridized carbons (Fsp3) is 0.483. The van der Waals surface area contributed by atoms with Gasteiger partial charge in [0.2, 0.25) is 11.6 Å². The molecule has 0 saturated heterocycles. The van der Waals surface area contributed by atoms with Crippen molar-refractivity contribution in [3.63, 3.8) is 0 Å². The first-order valence-corrected chi connectivity index (χ1v) is 13.7. The molecule has 2 aromatic heterocycles. The van der Waals surface area contributed by atoms with Crippen molar-refractivity contribution in [2.45, 2.75) is 76.5 Å². The maximum absolute atomic E-state index is 5.91. The van der Waals surface area contributed by atoms with Gasteiger partial charge < -0.3 is 9.47 Å². The Balaban J connectivity index is 1.45. The molecule has 0 spiro atoms. The van der Waals surface area contributed by atoms with Crippen molar-refractivity contribution in [3.8, 4) is 22.5 Å². The van der Waals surface area contributed by atoms with Crippen molar-refractivity contribution in [1.82, 2.24) is 35.4 Å². The first kappa shape index (κ1) is 26.2. The van der Waals surface area contributed by atoms with Crippen LogP contribution >= 0.6 is 0 Å². The highest BCUT2D eigenvalue weighted by atomic mass is 16.7. The Morgan fingerprint density at radius 3 is 2.37 bits per heavy atom. The zero-order valence-corrected chi connectivity index (χ0v) is 22.6. The lowest BCUT2D eigenvalue weighted by Crippen LogP contribution is -2.32. The molecule has 0 radical (unpaired) electrons. The lowest BCUT2D eigenvalue weighted by molar-refractivity contribution is -0.226. The number of hydrogen-bond acceptors (Lipinski definition) is 7. The fourth-order valence-corrected chi connectivity index (χ4v) is 5.45. The number of aromatic amines is 1. The van der Waals surface area contributed by atoms with Crippen molar-refractivity contribution < 1.29 is 9.47 Å². The Morgan fingerprint density at radius 1 is 0.974 bits per heavy atom. The molecule has 1 fully saturated rings. The van der Waals surface area contributed by atoms with Gasteiger partial charge in [0.05, 0.1) is 6.04 Å². The van der Waals surface area contributed by atoms with E-state index in [1.54, 1.807) is 14.2 Å². The molecule has 1 aliphatic carbocycles. The van der Waals surface area contributed by atoms with Gasteiger partial charge in [0, 0.05) is 32.6 Å². The summed E-state index contributed by atoms with van der Waals surface area (Å²) in [7, 11) is 3.37. The van der Waals surface area contributed by atoms with Crippen LogP contribution in [0.1, 0.15) is 81.5 Å². The number of rotatable bonds is 11. The average Bonchev–Trinajstić information content (AvgIpc) is 3.66. The van der Waals surface area contributed by atoms with E-state index in [2.05, 4.69) is 62.6 Å². The number of aromatic nitrogens is 7. The molecule has 2 aromatic carbocycles. The number of nitrogens with zero attached hydrogens (tertiary/aromatic N) is 6. The summed E-state index contributed by atoms with van der Waals surface area (Å²) in [4.78, 5) is 5.05. The number of ether oxygens (including phenoxy) is 2. The number of nitrogens with one attached hydrogen (secondary N) is 1. The summed E-state index contributed by atoms with van der Waals surface area (Å²) in [6, 6.07) is 17.1. The zero-order chi connectivity index (χ0) is 26.4. The van der Waals surface area contributed by atoms with Crippen molar-refractivity contribution in [2.75, 3.05) is 14.2 Å². The summed E-state index contributed by atoms with van der Waals surface area (Å²) in [5.74, 6) is 1.32. The first-order chi connectivity index (χ1) is 18.7. The van der Waals surface area contributed by atoms with Crippen LogP contribution in [0.3, 0.4) is 0 Å². The van der Waals surface area contributed by atoms with Gasteiger partial charge in [0.15, 0.2) is 5.82 Å². The van der Waals surface area contributed by atoms with Crippen LogP contribution in [0.15, 0.2) is 48.5 Å². The summed E-state index contributed by atoms with van der Waals surface area (Å²) in [5, 5.41) is 19.5. The molecule has 9 heteroatoms. The summed E-state index contributed by atoms with van der Waals surface area (Å²) in [6.45, 7) is 2.17. The highest BCUT2D eigenvalue weighted by Crippen LogP contribution is 2.34. The van der Waals surface area contributed by atoms with Crippen molar-refractivity contribution >= 4 is 0 Å². The molecule has 0 bridgehead atoms. The minimum atomic E-state index is -0.923. The predicted molar refractivity (Wildman–Crippen MR) is 145 cm³/mol. The third kappa shape index (κ3) is 5.39. The number of methoxy groups -OCH3 is 2. The molecule has 1 N–H and O–H groups in total. The molecule has 1 saturated carbocycles. The maximum atomic E-state index is 5.91. The van der Waals surface area contributed by atoms with E-state index in [0.717, 1.165) is 54.6 Å². The van der Waals surface area contributed by atoms with E-state index in [9.17, 15) is 0 Å². The minimum absolute atomic E-state index is 0.360. The van der Waals surface area contributed by atoms with Crippen molar-refractivity contribution in [2.24, 2.45) is 0 Å². The van der Waals surface area contributed by atoms with E-state index >= 15 is 0 Å². The summed E-state index contributed by atoms with van der Waals surface area (Å²) < 4.78 is 14.0. The zero-order valence-electron chi connectivity index (χ0n) is 22.6. The monoisotopic (exact) mass is 515 g/mol. The van der Waals surface area contributed by atoms with Gasteiger partial charge in [-0.15, -0.1) is 10.2 Å². The molecular weight excluding hydrogens is 478 g/mol.